The van der Waals surface area contributed by atoms with E-state index in [0.29, 0.717) is 0 Å². The van der Waals surface area contributed by atoms with Crippen LogP contribution >= 0.6 is 0 Å². The molecule has 5 heteroatoms. The van der Waals surface area contributed by atoms with Gasteiger partial charge in [-0.25, -0.2) is 4.79 Å². The predicted octanol–water partition coefficient (Wildman–Crippen LogP) is 5.22. The molecule has 3 aromatic carbocycles. The van der Waals surface area contributed by atoms with Crippen molar-refractivity contribution >= 4 is 23.6 Å². The van der Waals surface area contributed by atoms with Gasteiger partial charge in [-0.3, -0.25) is 4.79 Å². The number of carboxylic acid groups (broad SMARTS) is 1. The van der Waals surface area contributed by atoms with Crippen molar-refractivity contribution in [3.8, 4) is 0 Å². The Morgan fingerprint density at radius 3 is 2.26 bits per heavy atom. The summed E-state index contributed by atoms with van der Waals surface area (Å²) in [6.07, 6.45) is 6.53. The number of carboxylic acids is 1. The lowest BCUT2D eigenvalue weighted by molar-refractivity contribution is -0.131. The van der Waals surface area contributed by atoms with Gasteiger partial charge in [-0.1, -0.05) is 72.8 Å². The highest BCUT2D eigenvalue weighted by Crippen LogP contribution is 2.32. The highest BCUT2D eigenvalue weighted by Gasteiger charge is 2.23. The van der Waals surface area contributed by atoms with Crippen LogP contribution < -0.4 is 10.2 Å². The van der Waals surface area contributed by atoms with Crippen LogP contribution in [0.15, 0.2) is 84.9 Å². The van der Waals surface area contributed by atoms with E-state index in [-0.39, 0.29) is 18.4 Å². The number of aliphatic carboxylic acids is 1. The van der Waals surface area contributed by atoms with E-state index in [2.05, 4.69) is 40.5 Å². The monoisotopic (exact) mass is 454 g/mol. The van der Waals surface area contributed by atoms with Crippen LogP contribution in [0.4, 0.5) is 5.69 Å². The number of carbonyl (C=O) groups is 2. The van der Waals surface area contributed by atoms with Gasteiger partial charge in [0.2, 0.25) is 5.91 Å². The summed E-state index contributed by atoms with van der Waals surface area (Å²) in [5, 5.41) is 12.1. The number of rotatable bonds is 8. The maximum Gasteiger partial charge on any atom is 0.328 e. The molecule has 1 saturated heterocycles. The molecule has 3 aromatic rings. The molecule has 0 aliphatic carbocycles. The fraction of sp³-hybridized carbons (Fsp3) is 0.241. The van der Waals surface area contributed by atoms with Crippen molar-refractivity contribution in [1.82, 2.24) is 5.32 Å². The molecule has 5 nitrogen and oxygen atoms in total. The van der Waals surface area contributed by atoms with E-state index in [4.69, 9.17) is 5.11 Å². The van der Waals surface area contributed by atoms with Crippen LogP contribution in [0.5, 0.6) is 0 Å². The number of hydrogen-bond donors (Lipinski definition) is 2. The zero-order chi connectivity index (χ0) is 23.8. The average molecular weight is 455 g/mol. The minimum Gasteiger partial charge on any atom is -0.478 e. The Bertz CT molecular complexity index is 1130. The summed E-state index contributed by atoms with van der Waals surface area (Å²) in [5.41, 5.74) is 5.00. The molecule has 1 aliphatic rings. The Kier molecular flexibility index (Phi) is 7.76. The molecule has 1 fully saturated rings. The Hall–Kier alpha value is -3.86. The summed E-state index contributed by atoms with van der Waals surface area (Å²) < 4.78 is 0. The fourth-order valence-corrected chi connectivity index (χ4v) is 4.45. The number of piperidine rings is 1. The van der Waals surface area contributed by atoms with Gasteiger partial charge in [0.25, 0.3) is 0 Å². The number of anilines is 1. The van der Waals surface area contributed by atoms with Gasteiger partial charge in [-0.05, 0) is 48.1 Å². The van der Waals surface area contributed by atoms with Gasteiger partial charge >= 0.3 is 5.97 Å². The Balaban J connectivity index is 1.55. The largest absolute Gasteiger partial charge is 0.478 e. The van der Waals surface area contributed by atoms with Crippen molar-refractivity contribution in [3.63, 3.8) is 0 Å². The van der Waals surface area contributed by atoms with Crippen molar-refractivity contribution in [2.75, 3.05) is 18.0 Å². The van der Waals surface area contributed by atoms with Crippen LogP contribution in [-0.2, 0) is 16.0 Å². The SMILES string of the molecule is O=C(O)C=Cc1ccc(CC(=O)NC(c2ccccc2)c2ccccc2N2CCCCC2)cc1. The molecule has 0 saturated carbocycles. The standard InChI is InChI=1S/C29H30N2O3/c32-27(21-23-15-13-22(14-16-23)17-18-28(33)34)30-29(24-9-3-1-4-10-24)25-11-5-6-12-26(25)31-19-7-2-8-20-31/h1,3-6,9-18,29H,2,7-8,19-21H2,(H,30,32)(H,33,34). The van der Waals surface area contributed by atoms with Crippen molar-refractivity contribution < 1.29 is 14.7 Å². The molecule has 0 spiro atoms. The van der Waals surface area contributed by atoms with Crippen LogP contribution in [0.1, 0.15) is 47.6 Å². The summed E-state index contributed by atoms with van der Waals surface area (Å²) in [6.45, 7) is 2.07. The molecule has 1 aliphatic heterocycles. The Labute approximate surface area is 200 Å². The minimum atomic E-state index is -0.986. The fourth-order valence-electron chi connectivity index (χ4n) is 4.45. The number of nitrogens with zero attached hydrogens (tertiary/aromatic N) is 1. The number of hydrogen-bond acceptors (Lipinski definition) is 3. The Morgan fingerprint density at radius 1 is 0.882 bits per heavy atom. The highest BCUT2D eigenvalue weighted by atomic mass is 16.4. The molecule has 1 unspecified atom stereocenters. The number of benzene rings is 3. The van der Waals surface area contributed by atoms with Crippen molar-refractivity contribution in [2.45, 2.75) is 31.7 Å². The number of amides is 1. The number of nitrogens with one attached hydrogen (secondary N) is 1. The predicted molar refractivity (Wildman–Crippen MR) is 136 cm³/mol. The van der Waals surface area contributed by atoms with Gasteiger partial charge in [-0.2, -0.15) is 0 Å². The van der Waals surface area contributed by atoms with Gasteiger partial charge in [-0.15, -0.1) is 0 Å². The zero-order valence-corrected chi connectivity index (χ0v) is 19.2. The minimum absolute atomic E-state index is 0.0591. The maximum atomic E-state index is 13.1. The first kappa shape index (κ1) is 23.3. The smallest absolute Gasteiger partial charge is 0.328 e. The molecule has 1 heterocycles. The zero-order valence-electron chi connectivity index (χ0n) is 19.2. The van der Waals surface area contributed by atoms with Crippen LogP contribution in [0, 0.1) is 0 Å². The van der Waals surface area contributed by atoms with Gasteiger partial charge < -0.3 is 15.3 Å². The van der Waals surface area contributed by atoms with Crippen molar-refractivity contribution in [3.05, 3.63) is 107 Å². The first-order chi connectivity index (χ1) is 16.6. The third kappa shape index (κ3) is 6.13. The second-order valence-corrected chi connectivity index (χ2v) is 8.61. The summed E-state index contributed by atoms with van der Waals surface area (Å²) in [7, 11) is 0. The van der Waals surface area contributed by atoms with Gasteiger partial charge in [0.05, 0.1) is 12.5 Å². The second-order valence-electron chi connectivity index (χ2n) is 8.61. The summed E-state index contributed by atoms with van der Waals surface area (Å²) >= 11 is 0. The van der Waals surface area contributed by atoms with Gasteiger partial charge in [0.15, 0.2) is 0 Å². The molecular weight excluding hydrogens is 424 g/mol. The molecule has 2 N–H and O–H groups in total. The Morgan fingerprint density at radius 2 is 1.56 bits per heavy atom. The van der Waals surface area contributed by atoms with Crippen LogP contribution in [-0.4, -0.2) is 30.1 Å². The first-order valence-corrected chi connectivity index (χ1v) is 11.8. The molecule has 1 amide bonds. The van der Waals surface area contributed by atoms with Crippen molar-refractivity contribution in [1.29, 1.82) is 0 Å². The normalized spacial score (nSPS) is 14.6. The van der Waals surface area contributed by atoms with E-state index < -0.39 is 5.97 Å². The van der Waals surface area contributed by atoms with E-state index in [1.165, 1.54) is 31.0 Å². The maximum absolute atomic E-state index is 13.1. The van der Waals surface area contributed by atoms with E-state index in [9.17, 15) is 9.59 Å². The lowest BCUT2D eigenvalue weighted by Crippen LogP contribution is -2.34. The third-order valence-electron chi connectivity index (χ3n) is 6.15. The van der Waals surface area contributed by atoms with Crippen LogP contribution in [0.2, 0.25) is 0 Å². The van der Waals surface area contributed by atoms with E-state index in [0.717, 1.165) is 41.4 Å². The van der Waals surface area contributed by atoms with Crippen LogP contribution in [0.3, 0.4) is 0 Å². The number of para-hydroxylation sites is 1. The summed E-state index contributed by atoms with van der Waals surface area (Å²) in [4.78, 5) is 26.3. The molecule has 1 atom stereocenters. The second kappa shape index (κ2) is 11.3. The summed E-state index contributed by atoms with van der Waals surface area (Å²) in [6, 6.07) is 25.6. The van der Waals surface area contributed by atoms with Crippen molar-refractivity contribution in [2.24, 2.45) is 0 Å². The van der Waals surface area contributed by atoms with E-state index in [1.807, 2.05) is 48.5 Å². The quantitative estimate of drug-likeness (QED) is 0.458. The van der Waals surface area contributed by atoms with E-state index in [1.54, 1.807) is 0 Å². The van der Waals surface area contributed by atoms with E-state index >= 15 is 0 Å². The molecule has 0 bridgehead atoms. The molecule has 34 heavy (non-hydrogen) atoms. The summed E-state index contributed by atoms with van der Waals surface area (Å²) in [5.74, 6) is -1.05. The number of carbonyl (C=O) groups excluding carboxylic acids is 1. The average Bonchev–Trinajstić information content (AvgIpc) is 2.88. The lowest BCUT2D eigenvalue weighted by Gasteiger charge is -2.33. The van der Waals surface area contributed by atoms with Gasteiger partial charge in [0.1, 0.15) is 0 Å². The third-order valence-corrected chi connectivity index (χ3v) is 6.15. The molecule has 0 aromatic heterocycles. The van der Waals surface area contributed by atoms with Crippen LogP contribution in [0.25, 0.3) is 6.08 Å². The molecule has 0 radical (unpaired) electrons. The topological polar surface area (TPSA) is 69.6 Å². The molecule has 174 valence electrons. The first-order valence-electron chi connectivity index (χ1n) is 11.8. The molecular formula is C29H30N2O3. The van der Waals surface area contributed by atoms with Gasteiger partial charge in [0, 0.05) is 30.4 Å². The highest BCUT2D eigenvalue weighted by molar-refractivity contribution is 5.85. The molecule has 4 rings (SSSR count). The lowest BCUT2D eigenvalue weighted by atomic mass is 9.95.